The van der Waals surface area contributed by atoms with Gasteiger partial charge in [-0.3, -0.25) is 4.98 Å². The van der Waals surface area contributed by atoms with Gasteiger partial charge in [0.2, 0.25) is 0 Å². The second-order valence-corrected chi connectivity index (χ2v) is 6.10. The Morgan fingerprint density at radius 3 is 2.06 bits per heavy atom. The molecule has 1 rings (SSSR count). The average molecular weight is 248 g/mol. The molecule has 0 fully saturated rings. The van der Waals surface area contributed by atoms with Gasteiger partial charge in [0.15, 0.2) is 0 Å². The largest absolute Gasteiger partial charge is 0.306 e. The molecule has 1 aromatic rings. The highest BCUT2D eigenvalue weighted by molar-refractivity contribution is 5.07. The molecule has 0 aromatic carbocycles. The lowest BCUT2D eigenvalue weighted by Crippen LogP contribution is -2.34. The fourth-order valence-corrected chi connectivity index (χ4v) is 2.44. The van der Waals surface area contributed by atoms with Crippen molar-refractivity contribution >= 4 is 0 Å². The lowest BCUT2D eigenvalue weighted by atomic mass is 9.95. The van der Waals surface area contributed by atoms with Crippen molar-refractivity contribution < 1.29 is 0 Å². The molecule has 0 spiro atoms. The minimum absolute atomic E-state index is 0.327. The van der Waals surface area contributed by atoms with Gasteiger partial charge in [-0.2, -0.15) is 0 Å². The van der Waals surface area contributed by atoms with Crippen LogP contribution in [-0.2, 0) is 0 Å². The predicted molar refractivity (Wildman–Crippen MR) is 78.5 cm³/mol. The van der Waals surface area contributed by atoms with E-state index in [-0.39, 0.29) is 0 Å². The summed E-state index contributed by atoms with van der Waals surface area (Å²) < 4.78 is 0. The third-order valence-corrected chi connectivity index (χ3v) is 3.13. The fraction of sp³-hybridized carbons (Fsp3) is 0.688. The molecule has 1 N–H and O–H groups in total. The summed E-state index contributed by atoms with van der Waals surface area (Å²) in [6.45, 7) is 11.4. The molecular weight excluding hydrogens is 220 g/mol. The maximum atomic E-state index is 4.43. The summed E-state index contributed by atoms with van der Waals surface area (Å²) in [6.07, 6.45) is 4.33. The average Bonchev–Trinajstić information content (AvgIpc) is 2.28. The summed E-state index contributed by atoms with van der Waals surface area (Å²) in [4.78, 5) is 4.43. The zero-order valence-electron chi connectivity index (χ0n) is 12.5. The Morgan fingerprint density at radius 1 is 1.00 bits per heavy atom. The van der Waals surface area contributed by atoms with Crippen LogP contribution in [-0.4, -0.2) is 11.0 Å². The highest BCUT2D eigenvalue weighted by atomic mass is 15.0. The molecule has 102 valence electrons. The van der Waals surface area contributed by atoms with Gasteiger partial charge in [-0.1, -0.05) is 33.8 Å². The number of aromatic nitrogens is 1. The van der Waals surface area contributed by atoms with Crippen molar-refractivity contribution in [2.24, 2.45) is 11.8 Å². The van der Waals surface area contributed by atoms with Crippen molar-refractivity contribution in [3.05, 3.63) is 30.1 Å². The van der Waals surface area contributed by atoms with Crippen molar-refractivity contribution in [3.63, 3.8) is 0 Å². The van der Waals surface area contributed by atoms with Gasteiger partial charge in [0.1, 0.15) is 0 Å². The van der Waals surface area contributed by atoms with E-state index in [0.29, 0.717) is 12.1 Å². The zero-order chi connectivity index (χ0) is 13.5. The quantitative estimate of drug-likeness (QED) is 0.782. The van der Waals surface area contributed by atoms with Crippen LogP contribution in [0.4, 0.5) is 0 Å². The van der Waals surface area contributed by atoms with Crippen LogP contribution in [0, 0.1) is 11.8 Å². The highest BCUT2D eigenvalue weighted by Crippen LogP contribution is 2.17. The zero-order valence-corrected chi connectivity index (χ0v) is 12.5. The third-order valence-electron chi connectivity index (χ3n) is 3.13. The molecular formula is C16H28N2. The van der Waals surface area contributed by atoms with Crippen LogP contribution in [0.15, 0.2) is 24.4 Å². The first-order valence-electron chi connectivity index (χ1n) is 7.16. The van der Waals surface area contributed by atoms with Gasteiger partial charge in [-0.05, 0) is 43.7 Å². The highest BCUT2D eigenvalue weighted by Gasteiger charge is 2.16. The second-order valence-electron chi connectivity index (χ2n) is 6.10. The Bertz CT molecular complexity index is 309. The Morgan fingerprint density at radius 2 is 1.61 bits per heavy atom. The second kappa shape index (κ2) is 7.52. The third kappa shape index (κ3) is 5.63. The normalized spacial score (nSPS) is 13.6. The Kier molecular flexibility index (Phi) is 6.34. The van der Waals surface area contributed by atoms with Crippen molar-refractivity contribution in [2.45, 2.75) is 59.5 Å². The first kappa shape index (κ1) is 15.2. The van der Waals surface area contributed by atoms with Crippen molar-refractivity contribution in [1.82, 2.24) is 10.3 Å². The number of rotatable bonds is 7. The van der Waals surface area contributed by atoms with E-state index in [0.717, 1.165) is 17.5 Å². The van der Waals surface area contributed by atoms with E-state index in [4.69, 9.17) is 0 Å². The SMILES string of the molecule is CC(C)CC(CC(C)C)NC(C)c1ccccn1. The van der Waals surface area contributed by atoms with Crippen LogP contribution in [0.1, 0.15) is 59.2 Å². The summed E-state index contributed by atoms with van der Waals surface area (Å²) in [7, 11) is 0. The fourth-order valence-electron chi connectivity index (χ4n) is 2.44. The first-order valence-corrected chi connectivity index (χ1v) is 7.16. The molecule has 0 bridgehead atoms. The molecule has 1 atom stereocenters. The molecule has 0 radical (unpaired) electrons. The van der Waals surface area contributed by atoms with Crippen LogP contribution in [0.3, 0.4) is 0 Å². The number of hydrogen-bond donors (Lipinski definition) is 1. The Labute approximate surface area is 112 Å². The molecule has 18 heavy (non-hydrogen) atoms. The van der Waals surface area contributed by atoms with Gasteiger partial charge in [0.05, 0.1) is 5.69 Å². The van der Waals surface area contributed by atoms with Crippen LogP contribution < -0.4 is 5.32 Å². The van der Waals surface area contributed by atoms with Gasteiger partial charge >= 0.3 is 0 Å². The minimum Gasteiger partial charge on any atom is -0.306 e. The van der Waals surface area contributed by atoms with E-state index >= 15 is 0 Å². The van der Waals surface area contributed by atoms with Crippen molar-refractivity contribution in [3.8, 4) is 0 Å². The molecule has 2 heteroatoms. The topological polar surface area (TPSA) is 24.9 Å². The molecule has 0 amide bonds. The van der Waals surface area contributed by atoms with Gasteiger partial charge in [-0.15, -0.1) is 0 Å². The molecule has 2 nitrogen and oxygen atoms in total. The summed E-state index contributed by atoms with van der Waals surface area (Å²) in [5.74, 6) is 1.47. The number of pyridine rings is 1. The molecule has 1 aromatic heterocycles. The summed E-state index contributed by atoms with van der Waals surface area (Å²) in [6, 6.07) is 7.03. The van der Waals surface area contributed by atoms with Gasteiger partial charge in [-0.25, -0.2) is 0 Å². The summed E-state index contributed by atoms with van der Waals surface area (Å²) >= 11 is 0. The van der Waals surface area contributed by atoms with E-state index in [1.54, 1.807) is 0 Å². The van der Waals surface area contributed by atoms with Gasteiger partial charge in [0.25, 0.3) is 0 Å². The molecule has 0 saturated heterocycles. The molecule has 1 heterocycles. The van der Waals surface area contributed by atoms with Crippen LogP contribution in [0.25, 0.3) is 0 Å². The van der Waals surface area contributed by atoms with Crippen molar-refractivity contribution in [1.29, 1.82) is 0 Å². The van der Waals surface area contributed by atoms with Gasteiger partial charge in [0, 0.05) is 18.3 Å². The van der Waals surface area contributed by atoms with E-state index in [9.17, 15) is 0 Å². The standard InChI is InChI=1S/C16H28N2/c1-12(2)10-15(11-13(3)4)18-14(5)16-8-6-7-9-17-16/h6-9,12-15,18H,10-11H2,1-5H3. The number of nitrogens with zero attached hydrogens (tertiary/aromatic N) is 1. The van der Waals surface area contributed by atoms with E-state index in [1.165, 1.54) is 12.8 Å². The minimum atomic E-state index is 0.327. The lowest BCUT2D eigenvalue weighted by molar-refractivity contribution is 0.333. The monoisotopic (exact) mass is 248 g/mol. The maximum absolute atomic E-state index is 4.43. The molecule has 0 saturated carbocycles. The maximum Gasteiger partial charge on any atom is 0.0570 e. The van der Waals surface area contributed by atoms with Crippen LogP contribution in [0.5, 0.6) is 0 Å². The Hall–Kier alpha value is -0.890. The molecule has 0 aliphatic carbocycles. The summed E-state index contributed by atoms with van der Waals surface area (Å²) in [5.41, 5.74) is 1.13. The Balaban J connectivity index is 2.59. The van der Waals surface area contributed by atoms with Crippen LogP contribution >= 0.6 is 0 Å². The van der Waals surface area contributed by atoms with E-state index < -0.39 is 0 Å². The van der Waals surface area contributed by atoms with Crippen LogP contribution in [0.2, 0.25) is 0 Å². The van der Waals surface area contributed by atoms with Gasteiger partial charge < -0.3 is 5.32 Å². The smallest absolute Gasteiger partial charge is 0.0570 e. The van der Waals surface area contributed by atoms with E-state index in [2.05, 4.69) is 57.1 Å². The molecule has 0 aliphatic rings. The number of hydrogen-bond acceptors (Lipinski definition) is 2. The molecule has 1 unspecified atom stereocenters. The number of nitrogens with one attached hydrogen (secondary N) is 1. The van der Waals surface area contributed by atoms with E-state index in [1.807, 2.05) is 12.3 Å². The molecule has 0 aliphatic heterocycles. The predicted octanol–water partition coefficient (Wildman–Crippen LogP) is 4.19. The lowest BCUT2D eigenvalue weighted by Gasteiger charge is -2.26. The first-order chi connectivity index (χ1) is 8.49. The van der Waals surface area contributed by atoms with Crippen molar-refractivity contribution in [2.75, 3.05) is 0 Å². The summed E-state index contributed by atoms with van der Waals surface area (Å²) in [5, 5.41) is 3.73.